The number of amides is 2. The van der Waals surface area contributed by atoms with Gasteiger partial charge in [-0.25, -0.2) is 0 Å². The summed E-state index contributed by atoms with van der Waals surface area (Å²) in [6, 6.07) is 0. The first-order chi connectivity index (χ1) is 8.52. The third-order valence-corrected chi connectivity index (χ3v) is 3.81. The van der Waals surface area contributed by atoms with Crippen molar-refractivity contribution in [3.63, 3.8) is 0 Å². The number of fused-ring (bicyclic) bond motifs is 1. The summed E-state index contributed by atoms with van der Waals surface area (Å²) in [5, 5.41) is 0. The van der Waals surface area contributed by atoms with E-state index in [0.717, 1.165) is 19.6 Å². The predicted molar refractivity (Wildman–Crippen MR) is 68.9 cm³/mol. The van der Waals surface area contributed by atoms with Crippen LogP contribution in [0.4, 0.5) is 0 Å². The first kappa shape index (κ1) is 13.1. The monoisotopic (exact) mass is 251 g/mol. The maximum atomic E-state index is 12.1. The van der Waals surface area contributed by atoms with Gasteiger partial charge in [0.2, 0.25) is 11.8 Å². The molecule has 100 valence electrons. The van der Waals surface area contributed by atoms with Crippen molar-refractivity contribution in [1.82, 2.24) is 14.7 Å². The van der Waals surface area contributed by atoms with Gasteiger partial charge < -0.3 is 9.80 Å². The van der Waals surface area contributed by atoms with E-state index in [2.05, 4.69) is 11.5 Å². The molecule has 2 atom stereocenters. The third kappa shape index (κ3) is 2.41. The number of rotatable bonds is 4. The van der Waals surface area contributed by atoms with Crippen LogP contribution in [0, 0.1) is 11.8 Å². The van der Waals surface area contributed by atoms with E-state index in [1.807, 2.05) is 4.90 Å². The summed E-state index contributed by atoms with van der Waals surface area (Å²) >= 11 is 0. The van der Waals surface area contributed by atoms with E-state index in [1.165, 1.54) is 0 Å². The van der Waals surface area contributed by atoms with Crippen LogP contribution in [0.25, 0.3) is 0 Å². The van der Waals surface area contributed by atoms with Crippen LogP contribution in [0.1, 0.15) is 0 Å². The van der Waals surface area contributed by atoms with Gasteiger partial charge in [0.15, 0.2) is 0 Å². The molecule has 5 heteroatoms. The molecule has 0 saturated carbocycles. The van der Waals surface area contributed by atoms with Crippen LogP contribution in [0.15, 0.2) is 12.7 Å². The largest absolute Gasteiger partial charge is 0.348 e. The van der Waals surface area contributed by atoms with Crippen LogP contribution in [0.2, 0.25) is 0 Å². The van der Waals surface area contributed by atoms with E-state index >= 15 is 0 Å². The fraction of sp³-hybridized carbons (Fsp3) is 0.692. The maximum absolute atomic E-state index is 12.1. The van der Waals surface area contributed by atoms with Gasteiger partial charge in [-0.1, -0.05) is 6.08 Å². The van der Waals surface area contributed by atoms with Gasteiger partial charge in [0.1, 0.15) is 0 Å². The molecular formula is C13H21N3O2. The molecule has 0 aliphatic carbocycles. The molecule has 2 saturated heterocycles. The molecule has 2 heterocycles. The van der Waals surface area contributed by atoms with Crippen molar-refractivity contribution in [2.24, 2.45) is 11.8 Å². The second kappa shape index (κ2) is 5.10. The molecule has 0 unspecified atom stereocenters. The number of carbonyl (C=O) groups excluding carboxylic acids is 2. The van der Waals surface area contributed by atoms with Crippen LogP contribution in [-0.2, 0) is 9.59 Å². The minimum absolute atomic E-state index is 0.0833. The summed E-state index contributed by atoms with van der Waals surface area (Å²) in [6.45, 7) is 7.12. The first-order valence-corrected chi connectivity index (χ1v) is 6.35. The molecule has 0 aromatic carbocycles. The quantitative estimate of drug-likeness (QED) is 0.642. The Kier molecular flexibility index (Phi) is 3.71. The predicted octanol–water partition coefficient (Wildman–Crippen LogP) is -0.349. The van der Waals surface area contributed by atoms with E-state index in [4.69, 9.17) is 0 Å². The lowest BCUT2D eigenvalue weighted by atomic mass is 10.0. The highest BCUT2D eigenvalue weighted by molar-refractivity contribution is 5.83. The lowest BCUT2D eigenvalue weighted by molar-refractivity contribution is -0.132. The molecule has 0 radical (unpaired) electrons. The van der Waals surface area contributed by atoms with Gasteiger partial charge in [-0.3, -0.25) is 14.5 Å². The van der Waals surface area contributed by atoms with E-state index < -0.39 is 0 Å². The molecular weight excluding hydrogens is 230 g/mol. The minimum atomic E-state index is 0.0833. The minimum Gasteiger partial charge on any atom is -0.348 e. The van der Waals surface area contributed by atoms with Crippen molar-refractivity contribution in [3.8, 4) is 0 Å². The molecule has 0 aromatic rings. The summed E-state index contributed by atoms with van der Waals surface area (Å²) in [6.07, 6.45) is 1.77. The Hall–Kier alpha value is -1.36. The Balaban J connectivity index is 1.90. The molecule has 2 amide bonds. The van der Waals surface area contributed by atoms with Crippen LogP contribution in [-0.4, -0.2) is 73.3 Å². The molecule has 2 fully saturated rings. The number of hydrogen-bond acceptors (Lipinski definition) is 3. The van der Waals surface area contributed by atoms with Gasteiger partial charge in [0, 0.05) is 46.2 Å². The highest BCUT2D eigenvalue weighted by Crippen LogP contribution is 2.31. The zero-order valence-corrected chi connectivity index (χ0v) is 11.1. The van der Waals surface area contributed by atoms with Gasteiger partial charge in [0.05, 0.1) is 12.5 Å². The van der Waals surface area contributed by atoms with Crippen molar-refractivity contribution in [2.75, 3.05) is 46.8 Å². The molecule has 0 spiro atoms. The highest BCUT2D eigenvalue weighted by atomic mass is 16.2. The van der Waals surface area contributed by atoms with Crippen molar-refractivity contribution in [3.05, 3.63) is 12.7 Å². The fourth-order valence-electron chi connectivity index (χ4n) is 2.82. The summed E-state index contributed by atoms with van der Waals surface area (Å²) < 4.78 is 0. The Morgan fingerprint density at radius 1 is 1.44 bits per heavy atom. The van der Waals surface area contributed by atoms with Crippen molar-refractivity contribution in [1.29, 1.82) is 0 Å². The van der Waals surface area contributed by atoms with E-state index in [1.54, 1.807) is 25.1 Å². The zero-order valence-electron chi connectivity index (χ0n) is 11.1. The van der Waals surface area contributed by atoms with Crippen molar-refractivity contribution < 1.29 is 9.59 Å². The Bertz CT molecular complexity index is 367. The second-order valence-corrected chi connectivity index (χ2v) is 5.38. The topological polar surface area (TPSA) is 43.9 Å². The van der Waals surface area contributed by atoms with Crippen molar-refractivity contribution in [2.45, 2.75) is 0 Å². The summed E-state index contributed by atoms with van der Waals surface area (Å²) in [4.78, 5) is 29.3. The fourth-order valence-corrected chi connectivity index (χ4v) is 2.82. The lowest BCUT2D eigenvalue weighted by Crippen LogP contribution is -2.38. The summed E-state index contributed by atoms with van der Waals surface area (Å²) in [7, 11) is 3.52. The number of hydrogen-bond donors (Lipinski definition) is 0. The van der Waals surface area contributed by atoms with Crippen LogP contribution in [0.3, 0.4) is 0 Å². The molecule has 0 bridgehead atoms. The van der Waals surface area contributed by atoms with Gasteiger partial charge in [0.25, 0.3) is 0 Å². The molecule has 5 nitrogen and oxygen atoms in total. The lowest BCUT2D eigenvalue weighted by Gasteiger charge is -2.21. The molecule has 2 aliphatic rings. The Labute approximate surface area is 108 Å². The molecule has 2 rings (SSSR count). The number of likely N-dealkylation sites (N-methyl/N-ethyl adjacent to an activating group) is 1. The zero-order chi connectivity index (χ0) is 13.3. The smallest absolute Gasteiger partial charge is 0.236 e. The highest BCUT2D eigenvalue weighted by Gasteiger charge is 2.45. The van der Waals surface area contributed by atoms with Crippen molar-refractivity contribution >= 4 is 11.8 Å². The number of nitrogens with zero attached hydrogens (tertiary/aromatic N) is 3. The maximum Gasteiger partial charge on any atom is 0.236 e. The standard InChI is InChI=1S/C13H21N3O2/c1-4-5-16-7-10-6-15(8-11(10)13(16)18)9-12(17)14(2)3/h4,10-11H,1,5-9H2,2-3H3/t10-,11-/m1/s1. The normalized spacial score (nSPS) is 27.4. The van der Waals surface area contributed by atoms with Crippen LogP contribution < -0.4 is 0 Å². The van der Waals surface area contributed by atoms with Gasteiger partial charge >= 0.3 is 0 Å². The Morgan fingerprint density at radius 3 is 2.72 bits per heavy atom. The van der Waals surface area contributed by atoms with Gasteiger partial charge in [-0.05, 0) is 0 Å². The Morgan fingerprint density at radius 2 is 2.17 bits per heavy atom. The molecule has 0 aromatic heterocycles. The average Bonchev–Trinajstić information content (AvgIpc) is 2.80. The van der Waals surface area contributed by atoms with E-state index in [0.29, 0.717) is 19.0 Å². The summed E-state index contributed by atoms with van der Waals surface area (Å²) in [5.41, 5.74) is 0. The second-order valence-electron chi connectivity index (χ2n) is 5.38. The third-order valence-electron chi connectivity index (χ3n) is 3.81. The van der Waals surface area contributed by atoms with E-state index in [9.17, 15) is 9.59 Å². The number of carbonyl (C=O) groups is 2. The summed E-state index contributed by atoms with van der Waals surface area (Å²) in [5.74, 6) is 0.789. The van der Waals surface area contributed by atoms with Gasteiger partial charge in [-0.15, -0.1) is 6.58 Å². The number of likely N-dealkylation sites (tertiary alicyclic amines) is 2. The van der Waals surface area contributed by atoms with Gasteiger partial charge in [-0.2, -0.15) is 0 Å². The van der Waals surface area contributed by atoms with E-state index in [-0.39, 0.29) is 17.7 Å². The van der Waals surface area contributed by atoms with Crippen LogP contribution >= 0.6 is 0 Å². The molecule has 2 aliphatic heterocycles. The first-order valence-electron chi connectivity index (χ1n) is 6.35. The SMILES string of the molecule is C=CCN1C[C@H]2CN(CC(=O)N(C)C)C[C@H]2C1=O. The average molecular weight is 251 g/mol. The molecule has 18 heavy (non-hydrogen) atoms. The molecule has 0 N–H and O–H groups in total. The van der Waals surface area contributed by atoms with Crippen LogP contribution in [0.5, 0.6) is 0 Å².